The second-order valence-corrected chi connectivity index (χ2v) is 11.8. The maximum atomic E-state index is 15.8. The van der Waals surface area contributed by atoms with E-state index in [1.54, 1.807) is 20.2 Å². The number of fused-ring (bicyclic) bond motifs is 3. The van der Waals surface area contributed by atoms with Crippen LogP contribution in [0.3, 0.4) is 0 Å². The summed E-state index contributed by atoms with van der Waals surface area (Å²) < 4.78 is 52.5. The topological polar surface area (TPSA) is 51.8 Å². The lowest BCUT2D eigenvalue weighted by Gasteiger charge is -2.43. The number of ether oxygens (including phenoxy) is 1. The van der Waals surface area contributed by atoms with E-state index in [2.05, 4.69) is 9.88 Å². The number of aromatic amines is 1. The molecule has 5 rings (SSSR count). The maximum absolute atomic E-state index is 15.8. The minimum atomic E-state index is -1.56. The molecular weight excluding hydrogens is 517 g/mol. The molecule has 9 heteroatoms. The number of alkyl halides is 1. The SMILES string of the molecule is C[C@@H]1Cc2c([nH]c3ccccc23)[C@@H](c2c(F)cc(OC3CN(C/C=C/C(=O)N(C)C)C3)cc2F)N1CC(C)(C)F. The van der Waals surface area contributed by atoms with Crippen molar-refractivity contribution in [1.29, 1.82) is 0 Å². The molecule has 0 aliphatic carbocycles. The van der Waals surface area contributed by atoms with Crippen LogP contribution in [0.2, 0.25) is 0 Å². The fourth-order valence-corrected chi connectivity index (χ4v) is 5.78. The van der Waals surface area contributed by atoms with Gasteiger partial charge in [0.1, 0.15) is 29.2 Å². The lowest BCUT2D eigenvalue weighted by Crippen LogP contribution is -2.53. The van der Waals surface area contributed by atoms with Crippen LogP contribution in [0.15, 0.2) is 48.6 Å². The summed E-state index contributed by atoms with van der Waals surface area (Å²) in [5.41, 5.74) is 0.933. The monoisotopic (exact) mass is 554 g/mol. The van der Waals surface area contributed by atoms with Gasteiger partial charge in [-0.15, -0.1) is 0 Å². The second-order valence-electron chi connectivity index (χ2n) is 11.8. The van der Waals surface area contributed by atoms with Crippen molar-refractivity contribution >= 4 is 16.8 Å². The molecule has 0 radical (unpaired) electrons. The predicted octanol–water partition coefficient (Wildman–Crippen LogP) is 5.24. The Hall–Kier alpha value is -3.30. The number of nitrogens with one attached hydrogen (secondary N) is 1. The average Bonchev–Trinajstić information content (AvgIpc) is 3.20. The Morgan fingerprint density at radius 1 is 1.18 bits per heavy atom. The van der Waals surface area contributed by atoms with E-state index >= 15 is 8.78 Å². The minimum absolute atomic E-state index is 0.0251. The van der Waals surface area contributed by atoms with Crippen molar-refractivity contribution in [3.63, 3.8) is 0 Å². The van der Waals surface area contributed by atoms with E-state index < -0.39 is 23.3 Å². The van der Waals surface area contributed by atoms with Crippen LogP contribution in [-0.2, 0) is 11.2 Å². The highest BCUT2D eigenvalue weighted by atomic mass is 19.1. The lowest BCUT2D eigenvalue weighted by molar-refractivity contribution is -0.123. The van der Waals surface area contributed by atoms with Gasteiger partial charge in [-0.05, 0) is 38.8 Å². The minimum Gasteiger partial charge on any atom is -0.488 e. The molecule has 2 aliphatic heterocycles. The van der Waals surface area contributed by atoms with Crippen LogP contribution in [0.5, 0.6) is 5.75 Å². The Bertz CT molecular complexity index is 1400. The lowest BCUT2D eigenvalue weighted by atomic mass is 9.87. The normalized spacial score (nSPS) is 20.6. The molecule has 3 heterocycles. The third kappa shape index (κ3) is 5.76. The molecule has 1 amide bonds. The molecule has 1 aromatic heterocycles. The Labute approximate surface area is 233 Å². The molecule has 0 saturated carbocycles. The number of aromatic nitrogens is 1. The molecule has 3 aromatic rings. The fraction of sp³-hybridized carbons (Fsp3) is 0.452. The Kier molecular flexibility index (Phi) is 7.72. The number of nitrogens with zero attached hydrogens (tertiary/aromatic N) is 3. The Morgan fingerprint density at radius 2 is 1.85 bits per heavy atom. The highest BCUT2D eigenvalue weighted by Gasteiger charge is 2.41. The van der Waals surface area contributed by atoms with E-state index in [9.17, 15) is 9.18 Å². The zero-order valence-electron chi connectivity index (χ0n) is 23.7. The number of carbonyl (C=O) groups excluding carboxylic acids is 1. The van der Waals surface area contributed by atoms with Gasteiger partial charge in [-0.3, -0.25) is 14.6 Å². The van der Waals surface area contributed by atoms with Crippen molar-refractivity contribution in [2.75, 3.05) is 40.3 Å². The third-order valence-electron chi connectivity index (χ3n) is 7.69. The van der Waals surface area contributed by atoms with Crippen molar-refractivity contribution < 1.29 is 22.7 Å². The second kappa shape index (κ2) is 10.9. The maximum Gasteiger partial charge on any atom is 0.245 e. The van der Waals surface area contributed by atoms with Crippen LogP contribution < -0.4 is 4.74 Å². The molecule has 6 nitrogen and oxygen atoms in total. The summed E-state index contributed by atoms with van der Waals surface area (Å²) in [6.45, 7) is 6.74. The largest absolute Gasteiger partial charge is 0.488 e. The van der Waals surface area contributed by atoms with Gasteiger partial charge in [-0.2, -0.15) is 0 Å². The van der Waals surface area contributed by atoms with Crippen LogP contribution in [0.25, 0.3) is 10.9 Å². The summed E-state index contributed by atoms with van der Waals surface area (Å²) in [4.78, 5) is 20.5. The van der Waals surface area contributed by atoms with Gasteiger partial charge >= 0.3 is 0 Å². The van der Waals surface area contributed by atoms with Gasteiger partial charge in [0.15, 0.2) is 0 Å². The van der Waals surface area contributed by atoms with Crippen molar-refractivity contribution in [3.8, 4) is 5.75 Å². The number of amides is 1. The number of para-hydroxylation sites is 1. The van der Waals surface area contributed by atoms with E-state index in [0.29, 0.717) is 31.7 Å². The average molecular weight is 555 g/mol. The molecule has 2 aromatic carbocycles. The number of carbonyl (C=O) groups is 1. The van der Waals surface area contributed by atoms with Crippen molar-refractivity contribution in [3.05, 3.63) is 77.0 Å². The first-order valence-corrected chi connectivity index (χ1v) is 13.7. The van der Waals surface area contributed by atoms with Crippen molar-refractivity contribution in [2.24, 2.45) is 0 Å². The Morgan fingerprint density at radius 3 is 2.50 bits per heavy atom. The summed E-state index contributed by atoms with van der Waals surface area (Å²) in [5, 5.41) is 1.02. The highest BCUT2D eigenvalue weighted by molar-refractivity contribution is 5.87. The molecule has 2 atom stereocenters. The first-order valence-electron chi connectivity index (χ1n) is 13.7. The van der Waals surface area contributed by atoms with Crippen LogP contribution in [0.4, 0.5) is 13.2 Å². The molecule has 214 valence electrons. The number of hydrogen-bond acceptors (Lipinski definition) is 4. The molecule has 0 spiro atoms. The quantitative estimate of drug-likeness (QED) is 0.387. The number of likely N-dealkylation sites (tertiary alicyclic amines) is 1. The number of likely N-dealkylation sites (N-methyl/N-ethyl adjacent to an activating group) is 1. The van der Waals surface area contributed by atoms with Crippen LogP contribution in [0.1, 0.15) is 43.6 Å². The van der Waals surface area contributed by atoms with Crippen molar-refractivity contribution in [1.82, 2.24) is 19.7 Å². The predicted molar refractivity (Wildman–Crippen MR) is 150 cm³/mol. The standard InChI is InChI=1S/C31H37F3N4O2/c1-19-13-23-22-9-6-7-10-26(22)35-29(23)30(38(19)18-31(2,3)34)28-24(32)14-20(15-25(28)33)40-21-16-37(17-21)12-8-11-27(39)36(4)5/h6-11,14-15,19,21,30,35H,12-13,16-18H2,1-5H3/b11-8+/t19-,30-/m1/s1. The number of H-pyrrole nitrogens is 1. The van der Waals surface area contributed by atoms with Crippen LogP contribution >= 0.6 is 0 Å². The Balaban J connectivity index is 1.39. The smallest absolute Gasteiger partial charge is 0.245 e. The highest BCUT2D eigenvalue weighted by Crippen LogP contribution is 2.43. The molecule has 1 saturated heterocycles. The molecular formula is C31H37F3N4O2. The van der Waals surface area contributed by atoms with Crippen LogP contribution in [-0.4, -0.2) is 83.7 Å². The molecule has 0 unspecified atom stereocenters. The number of rotatable bonds is 8. The first-order chi connectivity index (χ1) is 18.9. The van der Waals surface area contributed by atoms with Gasteiger partial charge in [0.05, 0.1) is 6.04 Å². The van der Waals surface area contributed by atoms with E-state index in [0.717, 1.165) is 16.5 Å². The molecule has 40 heavy (non-hydrogen) atoms. The molecule has 1 fully saturated rings. The van der Waals surface area contributed by atoms with Gasteiger partial charge in [0, 0.05) is 86.7 Å². The van der Waals surface area contributed by atoms with E-state index in [4.69, 9.17) is 4.74 Å². The molecule has 0 bridgehead atoms. The van der Waals surface area contributed by atoms with E-state index in [-0.39, 0.29) is 35.9 Å². The summed E-state index contributed by atoms with van der Waals surface area (Å²) >= 11 is 0. The van der Waals surface area contributed by atoms with Gasteiger partial charge in [-0.1, -0.05) is 24.3 Å². The molecule has 1 N–H and O–H groups in total. The summed E-state index contributed by atoms with van der Waals surface area (Å²) in [5.74, 6) is -1.40. The van der Waals surface area contributed by atoms with Crippen molar-refractivity contribution in [2.45, 2.75) is 51.0 Å². The number of halogens is 3. The summed E-state index contributed by atoms with van der Waals surface area (Å²) in [7, 11) is 3.38. The fourth-order valence-electron chi connectivity index (χ4n) is 5.78. The third-order valence-corrected chi connectivity index (χ3v) is 7.69. The summed E-state index contributed by atoms with van der Waals surface area (Å²) in [6.07, 6.45) is 3.75. The number of benzene rings is 2. The van der Waals surface area contributed by atoms with E-state index in [1.807, 2.05) is 36.1 Å². The van der Waals surface area contributed by atoms with E-state index in [1.165, 1.54) is 37.0 Å². The first kappa shape index (κ1) is 28.2. The van der Waals surface area contributed by atoms with Crippen LogP contribution in [0, 0.1) is 11.6 Å². The zero-order valence-corrected chi connectivity index (χ0v) is 23.7. The van der Waals surface area contributed by atoms with Gasteiger partial charge in [-0.25, -0.2) is 13.2 Å². The number of hydrogen-bond donors (Lipinski definition) is 1. The zero-order chi connectivity index (χ0) is 28.8. The van der Waals surface area contributed by atoms with Gasteiger partial charge in [0.25, 0.3) is 0 Å². The molecule has 2 aliphatic rings. The van der Waals surface area contributed by atoms with Gasteiger partial charge < -0.3 is 14.6 Å². The summed E-state index contributed by atoms with van der Waals surface area (Å²) in [6, 6.07) is 9.33. The van der Waals surface area contributed by atoms with Gasteiger partial charge in [0.2, 0.25) is 5.91 Å².